The lowest BCUT2D eigenvalue weighted by molar-refractivity contribution is -0.169. The number of aliphatic hydroxyl groups is 1. The molecule has 0 aromatic rings. The lowest BCUT2D eigenvalue weighted by Crippen LogP contribution is -2.54. The molecule has 1 rings (SSSR count). The summed E-state index contributed by atoms with van der Waals surface area (Å²) in [6.45, 7) is 4.07. The molecule has 16 heavy (non-hydrogen) atoms. The summed E-state index contributed by atoms with van der Waals surface area (Å²) in [5.74, 6) is -1.58. The van der Waals surface area contributed by atoms with Gasteiger partial charge < -0.3 is 14.9 Å². The second-order valence-electron chi connectivity index (χ2n) is 4.16. The summed E-state index contributed by atoms with van der Waals surface area (Å²) in [6.07, 6.45) is -1.16. The summed E-state index contributed by atoms with van der Waals surface area (Å²) >= 11 is 0. The Kier molecular flexibility index (Phi) is 4.26. The van der Waals surface area contributed by atoms with Crippen LogP contribution >= 0.6 is 0 Å². The second-order valence-corrected chi connectivity index (χ2v) is 4.16. The Bertz CT molecular complexity index is 276. The molecule has 0 amide bonds. The molecule has 92 valence electrons. The minimum atomic E-state index is -1.05. The van der Waals surface area contributed by atoms with E-state index in [-0.39, 0.29) is 19.1 Å². The summed E-state index contributed by atoms with van der Waals surface area (Å²) in [5.41, 5.74) is 0. The van der Waals surface area contributed by atoms with Gasteiger partial charge >= 0.3 is 11.9 Å². The molecule has 0 radical (unpaired) electrons. The van der Waals surface area contributed by atoms with E-state index in [0.29, 0.717) is 6.54 Å². The molecule has 0 aromatic heterocycles. The van der Waals surface area contributed by atoms with Crippen molar-refractivity contribution in [2.75, 3.05) is 13.1 Å². The number of cyclic esters (lactones) is 1. The Labute approximate surface area is 93.8 Å². The first-order valence-corrected chi connectivity index (χ1v) is 5.24. The molecule has 1 fully saturated rings. The van der Waals surface area contributed by atoms with Gasteiger partial charge in [0, 0.05) is 13.1 Å². The molecule has 1 aliphatic rings. The van der Waals surface area contributed by atoms with Crippen molar-refractivity contribution in [3.8, 4) is 0 Å². The number of rotatable bonds is 4. The number of carbonyl (C=O) groups is 2. The van der Waals surface area contributed by atoms with Gasteiger partial charge in [-0.25, -0.2) is 0 Å². The third kappa shape index (κ3) is 3.46. The molecular formula is C10H17NO5. The zero-order valence-electron chi connectivity index (χ0n) is 9.42. The molecule has 2 N–H and O–H groups in total. The molecule has 0 saturated carbocycles. The topological polar surface area (TPSA) is 87.1 Å². The van der Waals surface area contributed by atoms with Crippen molar-refractivity contribution in [2.45, 2.75) is 38.5 Å². The minimum absolute atomic E-state index is 0.267. The van der Waals surface area contributed by atoms with E-state index in [1.165, 1.54) is 0 Å². The molecule has 0 bridgehead atoms. The molecule has 0 aliphatic carbocycles. The summed E-state index contributed by atoms with van der Waals surface area (Å²) < 4.78 is 4.99. The Morgan fingerprint density at radius 3 is 2.81 bits per heavy atom. The quantitative estimate of drug-likeness (QED) is 0.632. The van der Waals surface area contributed by atoms with Crippen LogP contribution in [-0.2, 0) is 14.3 Å². The Morgan fingerprint density at radius 2 is 2.31 bits per heavy atom. The van der Waals surface area contributed by atoms with Crippen LogP contribution in [0.3, 0.4) is 0 Å². The van der Waals surface area contributed by atoms with Crippen LogP contribution in [0.1, 0.15) is 20.3 Å². The third-order valence-corrected chi connectivity index (χ3v) is 2.39. The van der Waals surface area contributed by atoms with Crippen LogP contribution in [0, 0.1) is 0 Å². The van der Waals surface area contributed by atoms with Gasteiger partial charge in [0.1, 0.15) is 12.1 Å². The number of hydrogen-bond acceptors (Lipinski definition) is 5. The van der Waals surface area contributed by atoms with Crippen LogP contribution in [-0.4, -0.2) is 58.4 Å². The average molecular weight is 231 g/mol. The molecule has 1 saturated heterocycles. The first-order valence-electron chi connectivity index (χ1n) is 5.24. The molecule has 1 heterocycles. The number of β-amino-alcohol motifs (C(OH)–C–C–N with tert-alkyl or cyclic N) is 1. The van der Waals surface area contributed by atoms with E-state index in [2.05, 4.69) is 0 Å². The fraction of sp³-hybridized carbons (Fsp3) is 0.800. The first kappa shape index (κ1) is 12.9. The lowest BCUT2D eigenvalue weighted by atomic mass is 10.1. The maximum atomic E-state index is 11.5. The first-order chi connectivity index (χ1) is 7.40. The average Bonchev–Trinajstić information content (AvgIpc) is 2.09. The van der Waals surface area contributed by atoms with Crippen molar-refractivity contribution in [2.24, 2.45) is 0 Å². The fourth-order valence-electron chi connectivity index (χ4n) is 1.84. The van der Waals surface area contributed by atoms with Gasteiger partial charge in [-0.05, 0) is 13.8 Å². The van der Waals surface area contributed by atoms with Gasteiger partial charge in [-0.3, -0.25) is 14.5 Å². The highest BCUT2D eigenvalue weighted by molar-refractivity contribution is 5.82. The van der Waals surface area contributed by atoms with Crippen LogP contribution in [0.15, 0.2) is 0 Å². The van der Waals surface area contributed by atoms with Gasteiger partial charge in [0.25, 0.3) is 0 Å². The molecule has 0 aromatic carbocycles. The van der Waals surface area contributed by atoms with Crippen molar-refractivity contribution in [1.82, 2.24) is 4.90 Å². The van der Waals surface area contributed by atoms with Gasteiger partial charge in [0.2, 0.25) is 0 Å². The van der Waals surface area contributed by atoms with Crippen molar-refractivity contribution in [3.05, 3.63) is 0 Å². The maximum Gasteiger partial charge on any atom is 0.324 e. The number of aliphatic hydroxyl groups excluding tert-OH is 1. The minimum Gasteiger partial charge on any atom is -0.481 e. The number of aliphatic carboxylic acids is 1. The van der Waals surface area contributed by atoms with Gasteiger partial charge in [-0.2, -0.15) is 0 Å². The van der Waals surface area contributed by atoms with E-state index in [9.17, 15) is 14.7 Å². The van der Waals surface area contributed by atoms with Crippen molar-refractivity contribution < 1.29 is 24.5 Å². The largest absolute Gasteiger partial charge is 0.481 e. The number of ether oxygens (including phenoxy) is 1. The lowest BCUT2D eigenvalue weighted by Gasteiger charge is -2.37. The summed E-state index contributed by atoms with van der Waals surface area (Å²) in [5, 5.41) is 18.0. The van der Waals surface area contributed by atoms with E-state index in [0.717, 1.165) is 0 Å². The van der Waals surface area contributed by atoms with Crippen LogP contribution < -0.4 is 0 Å². The van der Waals surface area contributed by atoms with E-state index < -0.39 is 24.1 Å². The van der Waals surface area contributed by atoms with E-state index in [1.54, 1.807) is 18.7 Å². The van der Waals surface area contributed by atoms with E-state index in [1.807, 2.05) is 0 Å². The van der Waals surface area contributed by atoms with Crippen molar-refractivity contribution in [1.29, 1.82) is 0 Å². The van der Waals surface area contributed by atoms with Crippen LogP contribution in [0.2, 0.25) is 0 Å². The van der Waals surface area contributed by atoms with Gasteiger partial charge in [-0.1, -0.05) is 0 Å². The standard InChI is InChI=1S/C10H17NO5/c1-6(12)4-11-5-7(2)16-10(15)8(11)3-9(13)14/h6-8,12H,3-5H2,1-2H3,(H,13,14). The normalized spacial score (nSPS) is 28.6. The fourth-order valence-corrected chi connectivity index (χ4v) is 1.84. The number of morpholine rings is 1. The highest BCUT2D eigenvalue weighted by Crippen LogP contribution is 2.16. The number of hydrogen-bond donors (Lipinski definition) is 2. The SMILES string of the molecule is CC(O)CN1CC(C)OC(=O)C1CC(=O)O. The molecule has 1 aliphatic heterocycles. The zero-order chi connectivity index (χ0) is 12.3. The van der Waals surface area contributed by atoms with Gasteiger partial charge in [0.05, 0.1) is 12.5 Å². The Morgan fingerprint density at radius 1 is 1.69 bits per heavy atom. The molecule has 6 heteroatoms. The highest BCUT2D eigenvalue weighted by atomic mass is 16.5. The highest BCUT2D eigenvalue weighted by Gasteiger charge is 2.36. The monoisotopic (exact) mass is 231 g/mol. The van der Waals surface area contributed by atoms with Gasteiger partial charge in [-0.15, -0.1) is 0 Å². The van der Waals surface area contributed by atoms with Crippen LogP contribution in [0.25, 0.3) is 0 Å². The second kappa shape index (κ2) is 5.27. The van der Waals surface area contributed by atoms with Crippen LogP contribution in [0.5, 0.6) is 0 Å². The number of carboxylic acid groups (broad SMARTS) is 1. The van der Waals surface area contributed by atoms with E-state index in [4.69, 9.17) is 9.84 Å². The zero-order valence-corrected chi connectivity index (χ0v) is 9.42. The van der Waals surface area contributed by atoms with Gasteiger partial charge in [0.15, 0.2) is 0 Å². The number of carbonyl (C=O) groups excluding carboxylic acids is 1. The molecule has 3 atom stereocenters. The number of esters is 1. The maximum absolute atomic E-state index is 11.5. The summed E-state index contributed by atoms with van der Waals surface area (Å²) in [4.78, 5) is 23.8. The molecular weight excluding hydrogens is 214 g/mol. The number of nitrogens with zero attached hydrogens (tertiary/aromatic N) is 1. The summed E-state index contributed by atoms with van der Waals surface area (Å²) in [6, 6.07) is -0.789. The van der Waals surface area contributed by atoms with Crippen molar-refractivity contribution >= 4 is 11.9 Å². The summed E-state index contributed by atoms with van der Waals surface area (Å²) in [7, 11) is 0. The molecule has 3 unspecified atom stereocenters. The third-order valence-electron chi connectivity index (χ3n) is 2.39. The Balaban J connectivity index is 2.72. The Hall–Kier alpha value is -1.14. The molecule has 0 spiro atoms. The molecule has 6 nitrogen and oxygen atoms in total. The predicted octanol–water partition coefficient (Wildman–Crippen LogP) is -0.542. The van der Waals surface area contributed by atoms with Crippen molar-refractivity contribution in [3.63, 3.8) is 0 Å². The smallest absolute Gasteiger partial charge is 0.324 e. The predicted molar refractivity (Wildman–Crippen MR) is 54.8 cm³/mol. The number of carboxylic acids is 1. The van der Waals surface area contributed by atoms with E-state index >= 15 is 0 Å². The van der Waals surface area contributed by atoms with Crippen LogP contribution in [0.4, 0.5) is 0 Å².